The maximum Gasteiger partial charge on any atom is 0.0959 e. The standard InChI is InChI=1S/C18H13N3S/c22-18-14(12-5-2-1-3-6-12)11-21-17(18)13-8-10-20-16(13)15-7-4-9-19-15/h1-11,19,22H. The molecule has 2 aliphatic rings. The monoisotopic (exact) mass is 303 g/mol. The van der Waals surface area contributed by atoms with Crippen molar-refractivity contribution in [3.63, 3.8) is 0 Å². The minimum atomic E-state index is 0.865. The summed E-state index contributed by atoms with van der Waals surface area (Å²) in [5, 5.41) is 0. The molecule has 106 valence electrons. The summed E-state index contributed by atoms with van der Waals surface area (Å²) in [6.07, 6.45) is 7.55. The van der Waals surface area contributed by atoms with Crippen molar-refractivity contribution in [1.29, 1.82) is 0 Å². The number of aliphatic imine (C=N–C) groups is 2. The zero-order valence-electron chi connectivity index (χ0n) is 11.7. The lowest BCUT2D eigenvalue weighted by Gasteiger charge is -2.06. The molecule has 1 N–H and O–H groups in total. The SMILES string of the molecule is SC1=C(c2ccccc2)C=NC1=C1C=CN=C1c1ccc[nH]1. The zero-order chi connectivity index (χ0) is 14.9. The fourth-order valence-electron chi connectivity index (χ4n) is 2.62. The maximum absolute atomic E-state index is 4.70. The van der Waals surface area contributed by atoms with E-state index in [1.54, 1.807) is 6.20 Å². The number of nitrogens with one attached hydrogen (secondary N) is 1. The number of hydrogen-bond acceptors (Lipinski definition) is 3. The summed E-state index contributed by atoms with van der Waals surface area (Å²) in [6.45, 7) is 0. The molecule has 3 heterocycles. The normalized spacial score (nSPS) is 20.1. The molecule has 0 spiro atoms. The highest BCUT2D eigenvalue weighted by molar-refractivity contribution is 7.85. The molecule has 2 aliphatic heterocycles. The summed E-state index contributed by atoms with van der Waals surface area (Å²) >= 11 is 4.70. The van der Waals surface area contributed by atoms with Gasteiger partial charge in [0.1, 0.15) is 0 Å². The van der Waals surface area contributed by atoms with Crippen LogP contribution in [0.1, 0.15) is 11.3 Å². The van der Waals surface area contributed by atoms with Gasteiger partial charge in [-0.15, -0.1) is 12.6 Å². The van der Waals surface area contributed by atoms with Gasteiger partial charge in [0.25, 0.3) is 0 Å². The molecule has 0 radical (unpaired) electrons. The molecule has 22 heavy (non-hydrogen) atoms. The number of benzene rings is 1. The van der Waals surface area contributed by atoms with Crippen LogP contribution in [-0.4, -0.2) is 16.9 Å². The third-order valence-electron chi connectivity index (χ3n) is 3.70. The van der Waals surface area contributed by atoms with Gasteiger partial charge < -0.3 is 4.98 Å². The van der Waals surface area contributed by atoms with Crippen molar-refractivity contribution in [2.24, 2.45) is 9.98 Å². The molecule has 4 heteroatoms. The number of rotatable bonds is 2. The first kappa shape index (κ1) is 13.1. The molecule has 2 aromatic rings. The molecular formula is C18H13N3S. The molecule has 4 rings (SSSR count). The Kier molecular flexibility index (Phi) is 3.16. The molecule has 0 unspecified atom stereocenters. The van der Waals surface area contributed by atoms with Crippen molar-refractivity contribution in [3.05, 3.63) is 88.4 Å². The van der Waals surface area contributed by atoms with Crippen LogP contribution in [0, 0.1) is 0 Å². The Labute approximate surface area is 133 Å². The second-order valence-corrected chi connectivity index (χ2v) is 5.47. The molecular weight excluding hydrogens is 290 g/mol. The van der Waals surface area contributed by atoms with E-state index in [1.807, 2.05) is 48.8 Å². The van der Waals surface area contributed by atoms with E-state index >= 15 is 0 Å². The summed E-state index contributed by atoms with van der Waals surface area (Å²) in [5.74, 6) is 0. The fourth-order valence-corrected chi connectivity index (χ4v) is 2.99. The van der Waals surface area contributed by atoms with Gasteiger partial charge >= 0.3 is 0 Å². The molecule has 0 atom stereocenters. The van der Waals surface area contributed by atoms with Crippen LogP contribution in [-0.2, 0) is 0 Å². The Balaban J connectivity index is 1.81. The third kappa shape index (κ3) is 2.09. The van der Waals surface area contributed by atoms with Crippen LogP contribution in [0.2, 0.25) is 0 Å². The third-order valence-corrected chi connectivity index (χ3v) is 4.15. The van der Waals surface area contributed by atoms with Crippen LogP contribution in [0.5, 0.6) is 0 Å². The van der Waals surface area contributed by atoms with Crippen LogP contribution in [0.4, 0.5) is 0 Å². The summed E-state index contributed by atoms with van der Waals surface area (Å²) < 4.78 is 0. The number of allylic oxidation sites excluding steroid dienone is 3. The van der Waals surface area contributed by atoms with Crippen molar-refractivity contribution >= 4 is 30.1 Å². The lowest BCUT2D eigenvalue weighted by molar-refractivity contribution is 1.35. The molecule has 1 aromatic carbocycles. The highest BCUT2D eigenvalue weighted by Crippen LogP contribution is 2.35. The summed E-state index contributed by atoms with van der Waals surface area (Å²) in [5.41, 5.74) is 5.90. The maximum atomic E-state index is 4.70. The van der Waals surface area contributed by atoms with E-state index in [0.29, 0.717) is 0 Å². The van der Waals surface area contributed by atoms with E-state index in [9.17, 15) is 0 Å². The summed E-state index contributed by atoms with van der Waals surface area (Å²) in [7, 11) is 0. The molecule has 3 nitrogen and oxygen atoms in total. The Hall–Kier alpha value is -2.59. The Morgan fingerprint density at radius 2 is 1.82 bits per heavy atom. The average Bonchev–Trinajstić information content (AvgIpc) is 3.27. The van der Waals surface area contributed by atoms with Crippen LogP contribution in [0.15, 0.2) is 87.1 Å². The van der Waals surface area contributed by atoms with Gasteiger partial charge in [0, 0.05) is 34.7 Å². The predicted octanol–water partition coefficient (Wildman–Crippen LogP) is 4.01. The number of aromatic amines is 1. The van der Waals surface area contributed by atoms with Crippen molar-refractivity contribution in [1.82, 2.24) is 4.98 Å². The molecule has 0 bridgehead atoms. The molecule has 0 saturated heterocycles. The van der Waals surface area contributed by atoms with Gasteiger partial charge in [-0.3, -0.25) is 9.98 Å². The molecule has 0 fully saturated rings. The van der Waals surface area contributed by atoms with Crippen molar-refractivity contribution in [3.8, 4) is 0 Å². The highest BCUT2D eigenvalue weighted by Gasteiger charge is 2.22. The van der Waals surface area contributed by atoms with Gasteiger partial charge in [-0.2, -0.15) is 0 Å². The first-order valence-electron chi connectivity index (χ1n) is 7.00. The topological polar surface area (TPSA) is 40.5 Å². The van der Waals surface area contributed by atoms with Gasteiger partial charge in [-0.25, -0.2) is 0 Å². The molecule has 0 saturated carbocycles. The van der Waals surface area contributed by atoms with Gasteiger partial charge in [0.05, 0.1) is 17.1 Å². The lowest BCUT2D eigenvalue weighted by Crippen LogP contribution is -2.03. The van der Waals surface area contributed by atoms with E-state index in [4.69, 9.17) is 12.6 Å². The summed E-state index contributed by atoms with van der Waals surface area (Å²) in [4.78, 5) is 13.1. The predicted molar refractivity (Wildman–Crippen MR) is 94.3 cm³/mol. The zero-order valence-corrected chi connectivity index (χ0v) is 12.6. The van der Waals surface area contributed by atoms with E-state index < -0.39 is 0 Å². The van der Waals surface area contributed by atoms with Crippen LogP contribution in [0.3, 0.4) is 0 Å². The second kappa shape index (κ2) is 5.31. The van der Waals surface area contributed by atoms with E-state index in [2.05, 4.69) is 27.1 Å². The molecule has 1 aromatic heterocycles. The van der Waals surface area contributed by atoms with Gasteiger partial charge in [0.15, 0.2) is 0 Å². The van der Waals surface area contributed by atoms with Crippen LogP contribution < -0.4 is 0 Å². The van der Waals surface area contributed by atoms with Gasteiger partial charge in [-0.05, 0) is 23.8 Å². The van der Waals surface area contributed by atoms with E-state index in [0.717, 1.165) is 38.7 Å². The van der Waals surface area contributed by atoms with Crippen LogP contribution >= 0.6 is 12.6 Å². The smallest absolute Gasteiger partial charge is 0.0959 e. The number of nitrogens with zero attached hydrogens (tertiary/aromatic N) is 2. The van der Waals surface area contributed by atoms with Crippen LogP contribution in [0.25, 0.3) is 5.57 Å². The first-order valence-corrected chi connectivity index (χ1v) is 7.45. The second-order valence-electron chi connectivity index (χ2n) is 5.03. The summed E-state index contributed by atoms with van der Waals surface area (Å²) in [6, 6.07) is 14.1. The van der Waals surface area contributed by atoms with E-state index in [-0.39, 0.29) is 0 Å². The first-order chi connectivity index (χ1) is 10.8. The van der Waals surface area contributed by atoms with Gasteiger partial charge in [0.2, 0.25) is 0 Å². The fraction of sp³-hybridized carbons (Fsp3) is 0. The minimum Gasteiger partial charge on any atom is -0.360 e. The molecule has 0 aliphatic carbocycles. The number of thiol groups is 1. The number of H-pyrrole nitrogens is 1. The van der Waals surface area contributed by atoms with Crippen molar-refractivity contribution in [2.75, 3.05) is 0 Å². The largest absolute Gasteiger partial charge is 0.360 e. The quantitative estimate of drug-likeness (QED) is 0.787. The minimum absolute atomic E-state index is 0.865. The van der Waals surface area contributed by atoms with Crippen molar-refractivity contribution in [2.45, 2.75) is 0 Å². The average molecular weight is 303 g/mol. The van der Waals surface area contributed by atoms with Gasteiger partial charge in [-0.1, -0.05) is 30.3 Å². The molecule has 0 amide bonds. The number of aromatic nitrogens is 1. The Morgan fingerprint density at radius 1 is 0.955 bits per heavy atom. The van der Waals surface area contributed by atoms with Crippen molar-refractivity contribution < 1.29 is 0 Å². The van der Waals surface area contributed by atoms with E-state index in [1.165, 1.54) is 0 Å². The Morgan fingerprint density at radius 3 is 2.59 bits per heavy atom. The highest BCUT2D eigenvalue weighted by atomic mass is 32.1. The Bertz CT molecular complexity index is 866. The number of hydrogen-bond donors (Lipinski definition) is 2. The lowest BCUT2D eigenvalue weighted by atomic mass is 10.0.